The van der Waals surface area contributed by atoms with E-state index < -0.39 is 0 Å². The SMILES string of the molecule is CCN(CC)CCCCC(=O)c1cccc2cc3c(C(=O)CCCCN(CC)CC)cccc3cc12.Cl.Cl. The summed E-state index contributed by atoms with van der Waals surface area (Å²) in [5.41, 5.74) is 1.59. The molecule has 0 aliphatic rings. The third-order valence-corrected chi connectivity index (χ3v) is 7.53. The van der Waals surface area contributed by atoms with Crippen LogP contribution in [0.4, 0.5) is 0 Å². The number of hydrogen-bond acceptors (Lipinski definition) is 4. The molecule has 0 radical (unpaired) electrons. The molecular weight excluding hydrogens is 515 g/mol. The maximum atomic E-state index is 13.1. The Hall–Kier alpha value is -1.98. The fourth-order valence-electron chi connectivity index (χ4n) is 5.13. The summed E-state index contributed by atoms with van der Waals surface area (Å²) >= 11 is 0. The maximum absolute atomic E-state index is 13.1. The first-order valence-corrected chi connectivity index (χ1v) is 14.0. The molecule has 0 heterocycles. The summed E-state index contributed by atoms with van der Waals surface area (Å²) in [6.45, 7) is 15.1. The second-order valence-electron chi connectivity index (χ2n) is 9.72. The van der Waals surface area contributed by atoms with Crippen LogP contribution in [-0.4, -0.2) is 60.6 Å². The third kappa shape index (κ3) is 9.05. The smallest absolute Gasteiger partial charge is 0.163 e. The summed E-state index contributed by atoms with van der Waals surface area (Å²) in [6, 6.07) is 16.1. The molecule has 210 valence electrons. The Balaban J connectivity index is 0.00000361. The van der Waals surface area contributed by atoms with E-state index in [1.807, 2.05) is 24.3 Å². The second kappa shape index (κ2) is 17.6. The lowest BCUT2D eigenvalue weighted by atomic mass is 9.92. The topological polar surface area (TPSA) is 40.6 Å². The molecule has 0 N–H and O–H groups in total. The lowest BCUT2D eigenvalue weighted by molar-refractivity contribution is 0.0971. The number of carbonyl (C=O) groups excluding carboxylic acids is 2. The number of hydrogen-bond donors (Lipinski definition) is 0. The third-order valence-electron chi connectivity index (χ3n) is 7.53. The average Bonchev–Trinajstić information content (AvgIpc) is 2.91. The van der Waals surface area contributed by atoms with E-state index in [0.29, 0.717) is 12.8 Å². The predicted molar refractivity (Wildman–Crippen MR) is 168 cm³/mol. The fourth-order valence-corrected chi connectivity index (χ4v) is 5.13. The Kier molecular flexibility index (Phi) is 15.7. The zero-order chi connectivity index (χ0) is 25.9. The molecule has 0 bridgehead atoms. The minimum absolute atomic E-state index is 0. The molecule has 0 saturated carbocycles. The van der Waals surface area contributed by atoms with Crippen LogP contribution >= 0.6 is 24.8 Å². The van der Waals surface area contributed by atoms with E-state index in [9.17, 15) is 9.59 Å². The lowest BCUT2D eigenvalue weighted by Gasteiger charge is -2.17. The largest absolute Gasteiger partial charge is 0.304 e. The first-order valence-electron chi connectivity index (χ1n) is 14.0. The Bertz CT molecular complexity index is 1070. The molecule has 3 rings (SSSR count). The Morgan fingerprint density at radius 1 is 0.579 bits per heavy atom. The molecule has 0 unspecified atom stereocenters. The van der Waals surface area contributed by atoms with Crippen molar-refractivity contribution in [2.24, 2.45) is 0 Å². The van der Waals surface area contributed by atoms with Gasteiger partial charge in [0, 0.05) is 24.0 Å². The van der Waals surface area contributed by atoms with E-state index in [4.69, 9.17) is 0 Å². The molecule has 0 saturated heterocycles. The monoisotopic (exact) mass is 560 g/mol. The summed E-state index contributed by atoms with van der Waals surface area (Å²) in [6.07, 6.45) is 5.05. The summed E-state index contributed by atoms with van der Waals surface area (Å²) in [5.74, 6) is 0.417. The van der Waals surface area contributed by atoms with Crippen LogP contribution in [-0.2, 0) is 0 Å². The van der Waals surface area contributed by atoms with Gasteiger partial charge in [-0.1, -0.05) is 64.1 Å². The van der Waals surface area contributed by atoms with Crippen LogP contribution in [0, 0.1) is 0 Å². The molecule has 3 aromatic rings. The quantitative estimate of drug-likeness (QED) is 0.100. The molecule has 0 aliphatic heterocycles. The Labute approximate surface area is 242 Å². The van der Waals surface area contributed by atoms with Crippen molar-refractivity contribution >= 4 is 57.9 Å². The van der Waals surface area contributed by atoms with Crippen molar-refractivity contribution in [3.05, 3.63) is 59.7 Å². The summed E-state index contributed by atoms with van der Waals surface area (Å²) in [5, 5.41) is 4.03. The van der Waals surface area contributed by atoms with Crippen LogP contribution in [0.3, 0.4) is 0 Å². The maximum Gasteiger partial charge on any atom is 0.163 e. The van der Waals surface area contributed by atoms with Gasteiger partial charge >= 0.3 is 0 Å². The van der Waals surface area contributed by atoms with E-state index in [0.717, 1.165) is 97.6 Å². The number of ketones is 2. The molecule has 0 aromatic heterocycles. The van der Waals surface area contributed by atoms with E-state index in [1.54, 1.807) is 0 Å². The van der Waals surface area contributed by atoms with Crippen molar-refractivity contribution in [1.29, 1.82) is 0 Å². The predicted octanol–water partition coefficient (Wildman–Crippen LogP) is 8.23. The van der Waals surface area contributed by atoms with Gasteiger partial charge in [0.05, 0.1) is 0 Å². The van der Waals surface area contributed by atoms with Gasteiger partial charge in [-0.15, -0.1) is 24.8 Å². The van der Waals surface area contributed by atoms with Gasteiger partial charge in [-0.3, -0.25) is 9.59 Å². The van der Waals surface area contributed by atoms with E-state index >= 15 is 0 Å². The molecule has 0 spiro atoms. The normalized spacial score (nSPS) is 11.1. The highest BCUT2D eigenvalue weighted by Gasteiger charge is 2.14. The van der Waals surface area contributed by atoms with E-state index in [2.05, 4.69) is 61.8 Å². The van der Waals surface area contributed by atoms with Gasteiger partial charge in [-0.2, -0.15) is 0 Å². The van der Waals surface area contributed by atoms with Gasteiger partial charge < -0.3 is 9.80 Å². The minimum atomic E-state index is 0. The van der Waals surface area contributed by atoms with Gasteiger partial charge in [0.15, 0.2) is 11.6 Å². The molecule has 0 aliphatic carbocycles. The lowest BCUT2D eigenvalue weighted by Crippen LogP contribution is -2.24. The second-order valence-corrected chi connectivity index (χ2v) is 9.72. The van der Waals surface area contributed by atoms with Gasteiger partial charge in [-0.05, 0) is 98.6 Å². The molecule has 4 nitrogen and oxygen atoms in total. The van der Waals surface area contributed by atoms with E-state index in [1.165, 1.54) is 0 Å². The van der Waals surface area contributed by atoms with Crippen molar-refractivity contribution in [2.45, 2.75) is 66.2 Å². The molecule has 0 atom stereocenters. The van der Waals surface area contributed by atoms with Gasteiger partial charge in [0.2, 0.25) is 0 Å². The molecular formula is C32H46Cl2N2O2. The van der Waals surface area contributed by atoms with Crippen LogP contribution in [0.25, 0.3) is 21.5 Å². The molecule has 38 heavy (non-hydrogen) atoms. The van der Waals surface area contributed by atoms with Crippen molar-refractivity contribution < 1.29 is 9.59 Å². The van der Waals surface area contributed by atoms with Crippen molar-refractivity contribution in [3.8, 4) is 0 Å². The van der Waals surface area contributed by atoms with Crippen molar-refractivity contribution in [2.75, 3.05) is 39.3 Å². The van der Waals surface area contributed by atoms with Crippen LogP contribution in [0.1, 0.15) is 86.9 Å². The van der Waals surface area contributed by atoms with Crippen LogP contribution < -0.4 is 0 Å². The molecule has 6 heteroatoms. The highest BCUT2D eigenvalue weighted by atomic mass is 35.5. The van der Waals surface area contributed by atoms with Crippen molar-refractivity contribution in [3.63, 3.8) is 0 Å². The highest BCUT2D eigenvalue weighted by Crippen LogP contribution is 2.29. The number of nitrogens with zero attached hydrogens (tertiary/aromatic N) is 2. The van der Waals surface area contributed by atoms with Crippen molar-refractivity contribution in [1.82, 2.24) is 9.80 Å². The molecule has 3 aromatic carbocycles. The first kappa shape index (κ1) is 34.0. The Morgan fingerprint density at radius 2 is 0.947 bits per heavy atom. The number of carbonyl (C=O) groups is 2. The van der Waals surface area contributed by atoms with E-state index in [-0.39, 0.29) is 36.4 Å². The Morgan fingerprint density at radius 3 is 1.29 bits per heavy atom. The summed E-state index contributed by atoms with van der Waals surface area (Å²) in [7, 11) is 0. The number of halogens is 2. The highest BCUT2D eigenvalue weighted by molar-refractivity contribution is 6.15. The molecule has 0 amide bonds. The van der Waals surface area contributed by atoms with Crippen LogP contribution in [0.2, 0.25) is 0 Å². The standard InChI is InChI=1S/C32H44N2O2.2ClH/c1-5-33(6-2)21-11-9-19-31(35)27-17-13-15-25-24-30-26(23-29(25)27)16-14-18-28(30)32(36)20-10-12-22-34(7-3)8-4;;/h13-18,23-24H,5-12,19-22H2,1-4H3;2*1H. The van der Waals surface area contributed by atoms with Gasteiger partial charge in [0.1, 0.15) is 0 Å². The number of benzene rings is 3. The van der Waals surface area contributed by atoms with Crippen LogP contribution in [0.15, 0.2) is 48.5 Å². The first-order chi connectivity index (χ1) is 17.5. The fraction of sp³-hybridized carbons (Fsp3) is 0.500. The number of fused-ring (bicyclic) bond motifs is 2. The summed E-state index contributed by atoms with van der Waals surface area (Å²) in [4.78, 5) is 31.0. The number of Topliss-reactive ketones (excluding diaryl/α,β-unsaturated/α-hetero) is 2. The summed E-state index contributed by atoms with van der Waals surface area (Å²) < 4.78 is 0. The van der Waals surface area contributed by atoms with Gasteiger partial charge in [0.25, 0.3) is 0 Å². The zero-order valence-electron chi connectivity index (χ0n) is 23.6. The van der Waals surface area contributed by atoms with Gasteiger partial charge in [-0.25, -0.2) is 0 Å². The van der Waals surface area contributed by atoms with Crippen LogP contribution in [0.5, 0.6) is 0 Å². The molecule has 0 fully saturated rings. The average molecular weight is 562 g/mol. The number of rotatable bonds is 16. The zero-order valence-corrected chi connectivity index (χ0v) is 25.3. The number of unbranched alkanes of at least 4 members (excludes halogenated alkanes) is 2. The minimum Gasteiger partial charge on any atom is -0.304 e.